The molecule has 92 valence electrons. The van der Waals surface area contributed by atoms with Crippen LogP contribution in [0.1, 0.15) is 51.3 Å². The molecule has 0 radical (unpaired) electrons. The van der Waals surface area contributed by atoms with E-state index in [2.05, 4.69) is 45.7 Å². The van der Waals surface area contributed by atoms with Gasteiger partial charge in [-0.25, -0.2) is 9.97 Å². The van der Waals surface area contributed by atoms with Gasteiger partial charge in [0, 0.05) is 24.1 Å². The summed E-state index contributed by atoms with van der Waals surface area (Å²) in [5, 5.41) is 0. The first-order valence-corrected chi connectivity index (χ1v) is 7.18. The molecule has 2 aliphatic rings. The molecule has 1 saturated heterocycles. The highest BCUT2D eigenvalue weighted by Gasteiger charge is 2.34. The Hall–Kier alpha value is -0.640. The SMILES string of the molecule is CC1(C)CCCN1c1cc(Br)nc(C2CC2)n1. The van der Waals surface area contributed by atoms with E-state index < -0.39 is 0 Å². The molecule has 0 aromatic carbocycles. The molecule has 1 aliphatic heterocycles. The minimum Gasteiger partial charge on any atom is -0.351 e. The van der Waals surface area contributed by atoms with E-state index in [1.54, 1.807) is 0 Å². The molecule has 4 heteroatoms. The van der Waals surface area contributed by atoms with Gasteiger partial charge >= 0.3 is 0 Å². The van der Waals surface area contributed by atoms with Crippen molar-refractivity contribution < 1.29 is 0 Å². The van der Waals surface area contributed by atoms with Crippen LogP contribution in [0.5, 0.6) is 0 Å². The summed E-state index contributed by atoms with van der Waals surface area (Å²) < 4.78 is 0.923. The largest absolute Gasteiger partial charge is 0.351 e. The zero-order valence-corrected chi connectivity index (χ0v) is 12.0. The van der Waals surface area contributed by atoms with E-state index in [0.717, 1.165) is 22.8 Å². The average molecular weight is 296 g/mol. The van der Waals surface area contributed by atoms with Gasteiger partial charge < -0.3 is 4.90 Å². The molecule has 0 bridgehead atoms. The van der Waals surface area contributed by atoms with Gasteiger partial charge in [0.15, 0.2) is 0 Å². The lowest BCUT2D eigenvalue weighted by Gasteiger charge is -2.32. The molecule has 0 amide bonds. The van der Waals surface area contributed by atoms with Gasteiger partial charge in [0.05, 0.1) is 0 Å². The molecule has 1 aliphatic carbocycles. The summed E-state index contributed by atoms with van der Waals surface area (Å²) in [6.07, 6.45) is 5.00. The molecule has 2 heterocycles. The fourth-order valence-electron chi connectivity index (χ4n) is 2.62. The number of aromatic nitrogens is 2. The standard InChI is InChI=1S/C13H18BrN3/c1-13(2)6-3-7-17(13)11-8-10(14)15-12(16-11)9-4-5-9/h8-9H,3-7H2,1-2H3. The molecule has 17 heavy (non-hydrogen) atoms. The van der Waals surface area contributed by atoms with Crippen molar-refractivity contribution in [3.8, 4) is 0 Å². The van der Waals surface area contributed by atoms with Crippen LogP contribution in [0.25, 0.3) is 0 Å². The molecule has 3 nitrogen and oxygen atoms in total. The summed E-state index contributed by atoms with van der Waals surface area (Å²) in [7, 11) is 0. The average Bonchev–Trinajstić information content (AvgIpc) is 3.02. The van der Waals surface area contributed by atoms with Crippen molar-refractivity contribution in [3.05, 3.63) is 16.5 Å². The molecule has 2 fully saturated rings. The maximum Gasteiger partial charge on any atom is 0.135 e. The van der Waals surface area contributed by atoms with Crippen LogP contribution in [-0.2, 0) is 0 Å². The Morgan fingerprint density at radius 1 is 1.35 bits per heavy atom. The van der Waals surface area contributed by atoms with E-state index in [1.807, 2.05) is 0 Å². The lowest BCUT2D eigenvalue weighted by molar-refractivity contribution is 0.513. The molecule has 0 spiro atoms. The lowest BCUT2D eigenvalue weighted by atomic mass is 10.0. The maximum absolute atomic E-state index is 4.76. The lowest BCUT2D eigenvalue weighted by Crippen LogP contribution is -2.38. The van der Waals surface area contributed by atoms with Crippen molar-refractivity contribution in [2.24, 2.45) is 0 Å². The fourth-order valence-corrected chi connectivity index (χ4v) is 3.00. The zero-order valence-electron chi connectivity index (χ0n) is 10.4. The molecule has 1 aromatic rings. The van der Waals surface area contributed by atoms with Crippen molar-refractivity contribution in [1.82, 2.24) is 9.97 Å². The topological polar surface area (TPSA) is 29.0 Å². The quantitative estimate of drug-likeness (QED) is 0.782. The van der Waals surface area contributed by atoms with E-state index in [0.29, 0.717) is 5.92 Å². The number of rotatable bonds is 2. The second-order valence-corrected chi connectivity index (χ2v) is 6.56. The van der Waals surface area contributed by atoms with Gasteiger partial charge in [0.2, 0.25) is 0 Å². The van der Waals surface area contributed by atoms with Gasteiger partial charge in [-0.15, -0.1) is 0 Å². The first kappa shape index (κ1) is 11.5. The van der Waals surface area contributed by atoms with Crippen LogP contribution in [0.3, 0.4) is 0 Å². The van der Waals surface area contributed by atoms with Crippen molar-refractivity contribution in [1.29, 1.82) is 0 Å². The first-order chi connectivity index (χ1) is 8.06. The Morgan fingerprint density at radius 2 is 2.12 bits per heavy atom. The van der Waals surface area contributed by atoms with Gasteiger partial charge in [-0.05, 0) is 55.5 Å². The third-order valence-corrected chi connectivity index (χ3v) is 4.22. The highest BCUT2D eigenvalue weighted by Crippen LogP contribution is 2.40. The fraction of sp³-hybridized carbons (Fsp3) is 0.692. The predicted octanol–water partition coefficient (Wildman–Crippen LogP) is 3.50. The van der Waals surface area contributed by atoms with Crippen molar-refractivity contribution in [2.75, 3.05) is 11.4 Å². The highest BCUT2D eigenvalue weighted by molar-refractivity contribution is 9.10. The number of nitrogens with zero attached hydrogens (tertiary/aromatic N) is 3. The minimum absolute atomic E-state index is 0.231. The van der Waals surface area contributed by atoms with Crippen LogP contribution >= 0.6 is 15.9 Å². The molecule has 3 rings (SSSR count). The van der Waals surface area contributed by atoms with E-state index in [9.17, 15) is 0 Å². The Bertz CT molecular complexity index is 440. The number of anilines is 1. The first-order valence-electron chi connectivity index (χ1n) is 6.38. The van der Waals surface area contributed by atoms with E-state index in [4.69, 9.17) is 4.98 Å². The van der Waals surface area contributed by atoms with Gasteiger partial charge in [-0.3, -0.25) is 0 Å². The number of halogens is 1. The molecular weight excluding hydrogens is 278 g/mol. The maximum atomic E-state index is 4.76. The Balaban J connectivity index is 1.96. The highest BCUT2D eigenvalue weighted by atomic mass is 79.9. The van der Waals surface area contributed by atoms with Crippen LogP contribution in [0.2, 0.25) is 0 Å². The molecule has 1 saturated carbocycles. The Morgan fingerprint density at radius 3 is 2.71 bits per heavy atom. The van der Waals surface area contributed by atoms with Gasteiger partial charge in [-0.1, -0.05) is 0 Å². The van der Waals surface area contributed by atoms with Gasteiger partial charge in [-0.2, -0.15) is 0 Å². The monoisotopic (exact) mass is 295 g/mol. The van der Waals surface area contributed by atoms with Crippen LogP contribution in [-0.4, -0.2) is 22.1 Å². The molecule has 1 aromatic heterocycles. The molecule has 0 unspecified atom stereocenters. The van der Waals surface area contributed by atoms with Crippen LogP contribution in [0.4, 0.5) is 5.82 Å². The van der Waals surface area contributed by atoms with Crippen LogP contribution in [0.15, 0.2) is 10.7 Å². The number of hydrogen-bond donors (Lipinski definition) is 0. The van der Waals surface area contributed by atoms with Crippen molar-refractivity contribution in [3.63, 3.8) is 0 Å². The minimum atomic E-state index is 0.231. The number of hydrogen-bond acceptors (Lipinski definition) is 3. The smallest absolute Gasteiger partial charge is 0.135 e. The zero-order chi connectivity index (χ0) is 12.0. The second-order valence-electron chi connectivity index (χ2n) is 5.75. The summed E-state index contributed by atoms with van der Waals surface area (Å²) in [5.74, 6) is 2.73. The third kappa shape index (κ3) is 2.19. The van der Waals surface area contributed by atoms with Crippen LogP contribution < -0.4 is 4.90 Å². The summed E-state index contributed by atoms with van der Waals surface area (Å²) in [4.78, 5) is 11.7. The Labute approximate surface area is 111 Å². The van der Waals surface area contributed by atoms with Gasteiger partial charge in [0.1, 0.15) is 16.2 Å². The Kier molecular flexibility index (Phi) is 2.65. The third-order valence-electron chi connectivity index (χ3n) is 3.82. The molecule has 0 N–H and O–H groups in total. The summed E-state index contributed by atoms with van der Waals surface area (Å²) in [6.45, 7) is 5.71. The summed E-state index contributed by atoms with van der Waals surface area (Å²) in [6, 6.07) is 2.05. The summed E-state index contributed by atoms with van der Waals surface area (Å²) >= 11 is 3.52. The van der Waals surface area contributed by atoms with E-state index >= 15 is 0 Å². The summed E-state index contributed by atoms with van der Waals surface area (Å²) in [5.41, 5.74) is 0.231. The van der Waals surface area contributed by atoms with Gasteiger partial charge in [0.25, 0.3) is 0 Å². The van der Waals surface area contributed by atoms with Crippen molar-refractivity contribution in [2.45, 2.75) is 51.0 Å². The predicted molar refractivity (Wildman–Crippen MR) is 72.4 cm³/mol. The van der Waals surface area contributed by atoms with E-state index in [-0.39, 0.29) is 5.54 Å². The normalized spacial score (nSPS) is 23.1. The van der Waals surface area contributed by atoms with Crippen LogP contribution in [0, 0.1) is 0 Å². The molecular formula is C13H18BrN3. The molecule has 0 atom stereocenters. The van der Waals surface area contributed by atoms with E-state index in [1.165, 1.54) is 25.7 Å². The second kappa shape index (κ2) is 3.94. The van der Waals surface area contributed by atoms with Crippen molar-refractivity contribution >= 4 is 21.7 Å².